The summed E-state index contributed by atoms with van der Waals surface area (Å²) in [6.07, 6.45) is 5.25. The number of aromatic nitrogens is 2. The molecule has 142 valence electrons. The highest BCUT2D eigenvalue weighted by molar-refractivity contribution is 5.94. The number of amides is 1. The summed E-state index contributed by atoms with van der Waals surface area (Å²) in [6.45, 7) is 1.66. The highest BCUT2D eigenvalue weighted by atomic mass is 16.5. The molecule has 2 heterocycles. The Morgan fingerprint density at radius 3 is 2.21 bits per heavy atom. The standard InChI is InChI=1S/C22H22N4O2/c27-21(17-7-9-20(10-8-17)28-19-5-2-1-3-6-19)25-18-11-15-26(16-12-18)22-23-13-4-14-24-22/h1-10,13-14,18H,11-12,15-16H2,(H,25,27). The Labute approximate surface area is 164 Å². The van der Waals surface area contributed by atoms with Crippen molar-refractivity contribution in [3.63, 3.8) is 0 Å². The van der Waals surface area contributed by atoms with Crippen LogP contribution in [0, 0.1) is 0 Å². The second-order valence-electron chi connectivity index (χ2n) is 6.72. The van der Waals surface area contributed by atoms with Gasteiger partial charge < -0.3 is 15.0 Å². The van der Waals surface area contributed by atoms with Gasteiger partial charge in [0, 0.05) is 37.1 Å². The predicted molar refractivity (Wildman–Crippen MR) is 108 cm³/mol. The number of rotatable bonds is 5. The molecule has 1 aromatic heterocycles. The van der Waals surface area contributed by atoms with Crippen molar-refractivity contribution in [2.24, 2.45) is 0 Å². The second-order valence-corrected chi connectivity index (χ2v) is 6.72. The molecule has 1 N–H and O–H groups in total. The lowest BCUT2D eigenvalue weighted by Gasteiger charge is -2.32. The minimum Gasteiger partial charge on any atom is -0.457 e. The Morgan fingerprint density at radius 2 is 1.54 bits per heavy atom. The van der Waals surface area contributed by atoms with E-state index in [-0.39, 0.29) is 11.9 Å². The third kappa shape index (κ3) is 4.46. The minimum absolute atomic E-state index is 0.0549. The van der Waals surface area contributed by atoms with Gasteiger partial charge in [0.1, 0.15) is 11.5 Å². The van der Waals surface area contributed by atoms with E-state index in [9.17, 15) is 4.79 Å². The first-order chi connectivity index (χ1) is 13.8. The van der Waals surface area contributed by atoms with Crippen molar-refractivity contribution < 1.29 is 9.53 Å². The fraction of sp³-hybridized carbons (Fsp3) is 0.227. The van der Waals surface area contributed by atoms with Crippen LogP contribution in [-0.4, -0.2) is 35.0 Å². The zero-order chi connectivity index (χ0) is 19.2. The number of hydrogen-bond acceptors (Lipinski definition) is 5. The molecule has 0 aliphatic carbocycles. The maximum atomic E-state index is 12.5. The number of carbonyl (C=O) groups is 1. The van der Waals surface area contributed by atoms with Crippen LogP contribution in [0.3, 0.4) is 0 Å². The van der Waals surface area contributed by atoms with E-state index in [0.29, 0.717) is 11.3 Å². The normalized spacial score (nSPS) is 14.5. The second kappa shape index (κ2) is 8.52. The number of para-hydroxylation sites is 1. The van der Waals surface area contributed by atoms with Gasteiger partial charge in [0.15, 0.2) is 0 Å². The Hall–Kier alpha value is -3.41. The van der Waals surface area contributed by atoms with Crippen LogP contribution in [0.25, 0.3) is 0 Å². The van der Waals surface area contributed by atoms with Gasteiger partial charge in [0.2, 0.25) is 5.95 Å². The Bertz CT molecular complexity index is 893. The van der Waals surface area contributed by atoms with E-state index in [0.717, 1.165) is 37.6 Å². The first-order valence-corrected chi connectivity index (χ1v) is 9.44. The van der Waals surface area contributed by atoms with Crippen molar-refractivity contribution in [2.75, 3.05) is 18.0 Å². The van der Waals surface area contributed by atoms with Gasteiger partial charge in [-0.05, 0) is 55.3 Å². The number of carbonyl (C=O) groups excluding carboxylic acids is 1. The summed E-state index contributed by atoms with van der Waals surface area (Å²) in [5, 5.41) is 3.13. The maximum Gasteiger partial charge on any atom is 0.251 e. The number of ether oxygens (including phenoxy) is 1. The average molecular weight is 374 g/mol. The van der Waals surface area contributed by atoms with Crippen molar-refractivity contribution in [2.45, 2.75) is 18.9 Å². The molecule has 0 saturated carbocycles. The first-order valence-electron chi connectivity index (χ1n) is 9.44. The molecule has 0 unspecified atom stereocenters. The van der Waals surface area contributed by atoms with Crippen molar-refractivity contribution in [1.29, 1.82) is 0 Å². The summed E-state index contributed by atoms with van der Waals surface area (Å²) in [4.78, 5) is 23.3. The topological polar surface area (TPSA) is 67.4 Å². The van der Waals surface area contributed by atoms with Gasteiger partial charge in [-0.3, -0.25) is 4.79 Å². The van der Waals surface area contributed by atoms with E-state index in [2.05, 4.69) is 20.2 Å². The summed E-state index contributed by atoms with van der Waals surface area (Å²) >= 11 is 0. The smallest absolute Gasteiger partial charge is 0.251 e. The number of anilines is 1. The number of benzene rings is 2. The van der Waals surface area contributed by atoms with Crippen LogP contribution >= 0.6 is 0 Å². The van der Waals surface area contributed by atoms with Crippen LogP contribution < -0.4 is 15.0 Å². The molecule has 1 aliphatic heterocycles. The number of nitrogens with one attached hydrogen (secondary N) is 1. The molecule has 28 heavy (non-hydrogen) atoms. The Morgan fingerprint density at radius 1 is 0.893 bits per heavy atom. The largest absolute Gasteiger partial charge is 0.457 e. The lowest BCUT2D eigenvalue weighted by molar-refractivity contribution is 0.0931. The third-order valence-electron chi connectivity index (χ3n) is 4.76. The number of nitrogens with zero attached hydrogens (tertiary/aromatic N) is 3. The van der Waals surface area contributed by atoms with Gasteiger partial charge in [-0.15, -0.1) is 0 Å². The zero-order valence-electron chi connectivity index (χ0n) is 15.5. The summed E-state index contributed by atoms with van der Waals surface area (Å²) in [7, 11) is 0. The van der Waals surface area contributed by atoms with Crippen molar-refractivity contribution in [3.8, 4) is 11.5 Å². The lowest BCUT2D eigenvalue weighted by atomic mass is 10.0. The Kier molecular flexibility index (Phi) is 5.47. The SMILES string of the molecule is O=C(NC1CCN(c2ncccn2)CC1)c1ccc(Oc2ccccc2)cc1. The van der Waals surface area contributed by atoms with Crippen molar-refractivity contribution >= 4 is 11.9 Å². The maximum absolute atomic E-state index is 12.5. The van der Waals surface area contributed by atoms with Gasteiger partial charge >= 0.3 is 0 Å². The molecule has 6 heteroatoms. The molecule has 3 aromatic rings. The van der Waals surface area contributed by atoms with Gasteiger partial charge in [-0.2, -0.15) is 0 Å². The third-order valence-corrected chi connectivity index (χ3v) is 4.76. The molecule has 1 amide bonds. The van der Waals surface area contributed by atoms with Crippen LogP contribution in [0.2, 0.25) is 0 Å². The lowest BCUT2D eigenvalue weighted by Crippen LogP contribution is -2.45. The van der Waals surface area contributed by atoms with Crippen LogP contribution in [0.5, 0.6) is 11.5 Å². The molecule has 6 nitrogen and oxygen atoms in total. The van der Waals surface area contributed by atoms with E-state index < -0.39 is 0 Å². The highest BCUT2D eigenvalue weighted by Gasteiger charge is 2.22. The van der Waals surface area contributed by atoms with Crippen molar-refractivity contribution in [1.82, 2.24) is 15.3 Å². The summed E-state index contributed by atoms with van der Waals surface area (Å²) in [5.41, 5.74) is 0.634. The molecular formula is C22H22N4O2. The molecule has 0 spiro atoms. The molecule has 0 atom stereocenters. The molecule has 4 rings (SSSR count). The highest BCUT2D eigenvalue weighted by Crippen LogP contribution is 2.21. The van der Waals surface area contributed by atoms with Crippen LogP contribution in [0.1, 0.15) is 23.2 Å². The van der Waals surface area contributed by atoms with E-state index in [1.807, 2.05) is 48.5 Å². The van der Waals surface area contributed by atoms with E-state index in [1.54, 1.807) is 24.5 Å². The summed E-state index contributed by atoms with van der Waals surface area (Å²) < 4.78 is 5.77. The fourth-order valence-corrected chi connectivity index (χ4v) is 3.25. The number of hydrogen-bond donors (Lipinski definition) is 1. The van der Waals surface area contributed by atoms with Crippen LogP contribution in [0.15, 0.2) is 73.1 Å². The fourth-order valence-electron chi connectivity index (χ4n) is 3.25. The van der Waals surface area contributed by atoms with Crippen molar-refractivity contribution in [3.05, 3.63) is 78.6 Å². The molecule has 1 fully saturated rings. The molecule has 0 radical (unpaired) electrons. The van der Waals surface area contributed by atoms with Crippen LogP contribution in [-0.2, 0) is 0 Å². The molecule has 1 saturated heterocycles. The monoisotopic (exact) mass is 374 g/mol. The molecule has 1 aliphatic rings. The van der Waals surface area contributed by atoms with Gasteiger partial charge in [-0.1, -0.05) is 18.2 Å². The summed E-state index contributed by atoms with van der Waals surface area (Å²) in [5.74, 6) is 2.18. The number of piperidine rings is 1. The predicted octanol–water partition coefficient (Wildman–Crippen LogP) is 3.67. The Balaban J connectivity index is 1.29. The van der Waals surface area contributed by atoms with E-state index >= 15 is 0 Å². The molecule has 2 aromatic carbocycles. The molecular weight excluding hydrogens is 352 g/mol. The van der Waals surface area contributed by atoms with E-state index in [4.69, 9.17) is 4.74 Å². The molecule has 0 bridgehead atoms. The zero-order valence-corrected chi connectivity index (χ0v) is 15.5. The van der Waals surface area contributed by atoms with Gasteiger partial charge in [0.05, 0.1) is 0 Å². The minimum atomic E-state index is -0.0549. The summed E-state index contributed by atoms with van der Waals surface area (Å²) in [6, 6.07) is 18.8. The van der Waals surface area contributed by atoms with Gasteiger partial charge in [0.25, 0.3) is 5.91 Å². The van der Waals surface area contributed by atoms with Crippen LogP contribution in [0.4, 0.5) is 5.95 Å². The first kappa shape index (κ1) is 18.0. The average Bonchev–Trinajstić information content (AvgIpc) is 2.76. The van der Waals surface area contributed by atoms with E-state index in [1.165, 1.54) is 0 Å². The quantitative estimate of drug-likeness (QED) is 0.738. The van der Waals surface area contributed by atoms with Gasteiger partial charge in [-0.25, -0.2) is 9.97 Å².